The van der Waals surface area contributed by atoms with Crippen molar-refractivity contribution in [1.82, 2.24) is 5.32 Å². The Balaban J connectivity index is 2.76. The van der Waals surface area contributed by atoms with Gasteiger partial charge < -0.3 is 11.1 Å². The maximum atomic E-state index is 7.09. The molecule has 0 radical (unpaired) electrons. The Labute approximate surface area is 104 Å². The zero-order chi connectivity index (χ0) is 9.84. The fraction of sp³-hybridized carbons (Fsp3) is 0.125. The van der Waals surface area contributed by atoms with Crippen molar-refractivity contribution in [1.29, 1.82) is 5.41 Å². The van der Waals surface area contributed by atoms with Gasteiger partial charge in [0, 0.05) is 3.57 Å². The quantitative estimate of drug-likeness (QED) is 0.234. The fourth-order valence-corrected chi connectivity index (χ4v) is 2.17. The van der Waals surface area contributed by atoms with Gasteiger partial charge in [0.15, 0.2) is 5.96 Å². The van der Waals surface area contributed by atoms with Crippen molar-refractivity contribution in [2.45, 2.75) is 4.05 Å². The second-order valence-electron chi connectivity index (χ2n) is 2.48. The monoisotopic (exact) mass is 401 g/mol. The Morgan fingerprint density at radius 1 is 1.54 bits per heavy atom. The summed E-state index contributed by atoms with van der Waals surface area (Å²) in [5.41, 5.74) is 6.36. The first kappa shape index (κ1) is 11.0. The van der Waals surface area contributed by atoms with Crippen LogP contribution in [0.3, 0.4) is 0 Å². The molecule has 0 amide bonds. The molecule has 0 saturated carbocycles. The molecule has 5 heteroatoms. The Morgan fingerprint density at radius 2 is 2.23 bits per heavy atom. The van der Waals surface area contributed by atoms with E-state index in [2.05, 4.69) is 56.6 Å². The molecule has 1 unspecified atom stereocenters. The van der Waals surface area contributed by atoms with Crippen LogP contribution >= 0.6 is 45.2 Å². The molecule has 0 aliphatic rings. The third-order valence-corrected chi connectivity index (χ3v) is 3.13. The number of guanidine groups is 1. The molecule has 3 nitrogen and oxygen atoms in total. The molecule has 0 bridgehead atoms. The van der Waals surface area contributed by atoms with Crippen LogP contribution in [0.25, 0.3) is 0 Å². The van der Waals surface area contributed by atoms with Crippen molar-refractivity contribution >= 4 is 51.1 Å². The molecular weight excluding hydrogens is 392 g/mol. The van der Waals surface area contributed by atoms with E-state index in [1.807, 2.05) is 18.2 Å². The fourth-order valence-electron chi connectivity index (χ4n) is 0.884. The molecule has 1 rings (SSSR count). The van der Waals surface area contributed by atoms with Gasteiger partial charge in [0.1, 0.15) is 4.05 Å². The van der Waals surface area contributed by atoms with Crippen LogP contribution in [0.4, 0.5) is 0 Å². The lowest BCUT2D eigenvalue weighted by Crippen LogP contribution is -2.31. The van der Waals surface area contributed by atoms with Crippen LogP contribution in [-0.2, 0) is 0 Å². The summed E-state index contributed by atoms with van der Waals surface area (Å²) in [5, 5.41) is 9.92. The van der Waals surface area contributed by atoms with Crippen molar-refractivity contribution < 1.29 is 0 Å². The average Bonchev–Trinajstić information content (AvgIpc) is 2.03. The summed E-state index contributed by atoms with van der Waals surface area (Å²) in [6.45, 7) is 0. The summed E-state index contributed by atoms with van der Waals surface area (Å²) in [7, 11) is 0. The summed E-state index contributed by atoms with van der Waals surface area (Å²) in [5.74, 6) is -0.00161. The van der Waals surface area contributed by atoms with E-state index in [1.165, 1.54) is 3.57 Å². The summed E-state index contributed by atoms with van der Waals surface area (Å²) in [4.78, 5) is 0. The minimum atomic E-state index is -0.00161. The normalized spacial score (nSPS) is 12.2. The highest BCUT2D eigenvalue weighted by atomic mass is 127. The Hall–Kier alpha value is -0.0500. The SMILES string of the molecule is N=C(N)NC(I)c1cccc(I)c1. The van der Waals surface area contributed by atoms with E-state index in [0.29, 0.717) is 0 Å². The molecule has 0 saturated heterocycles. The van der Waals surface area contributed by atoms with Gasteiger partial charge in [-0.25, -0.2) is 0 Å². The van der Waals surface area contributed by atoms with Gasteiger partial charge in [0.25, 0.3) is 0 Å². The van der Waals surface area contributed by atoms with E-state index in [-0.39, 0.29) is 10.0 Å². The highest BCUT2D eigenvalue weighted by molar-refractivity contribution is 14.1. The standard InChI is InChI=1S/C8H9I2N3/c9-6-3-1-2-5(4-6)7(10)13-8(11)12/h1-4,7H,(H4,11,12,13). The second kappa shape index (κ2) is 4.99. The van der Waals surface area contributed by atoms with Gasteiger partial charge in [-0.15, -0.1) is 0 Å². The largest absolute Gasteiger partial charge is 0.370 e. The van der Waals surface area contributed by atoms with E-state index < -0.39 is 0 Å². The lowest BCUT2D eigenvalue weighted by atomic mass is 10.2. The zero-order valence-corrected chi connectivity index (χ0v) is 11.0. The molecule has 1 aromatic carbocycles. The molecule has 0 fully saturated rings. The molecule has 0 aliphatic carbocycles. The van der Waals surface area contributed by atoms with Crippen LogP contribution in [0.5, 0.6) is 0 Å². The van der Waals surface area contributed by atoms with Gasteiger partial charge in [-0.1, -0.05) is 34.7 Å². The van der Waals surface area contributed by atoms with Gasteiger partial charge in [-0.3, -0.25) is 5.41 Å². The maximum absolute atomic E-state index is 7.09. The molecule has 13 heavy (non-hydrogen) atoms. The predicted octanol–water partition coefficient (Wildman–Crippen LogP) is 2.21. The van der Waals surface area contributed by atoms with Crippen molar-refractivity contribution in [3.8, 4) is 0 Å². The second-order valence-corrected chi connectivity index (χ2v) is 4.97. The third kappa shape index (κ3) is 3.67. The molecule has 70 valence electrons. The highest BCUT2D eigenvalue weighted by Gasteiger charge is 2.06. The molecule has 1 aromatic rings. The van der Waals surface area contributed by atoms with Crippen molar-refractivity contribution in [3.05, 3.63) is 33.4 Å². The summed E-state index contributed by atoms with van der Waals surface area (Å²) in [6, 6.07) is 8.09. The van der Waals surface area contributed by atoms with Crippen LogP contribution in [0, 0.1) is 8.98 Å². The van der Waals surface area contributed by atoms with E-state index in [0.717, 1.165) is 5.56 Å². The first-order chi connectivity index (χ1) is 6.09. The number of hydrogen-bond donors (Lipinski definition) is 3. The van der Waals surface area contributed by atoms with Gasteiger partial charge in [0.2, 0.25) is 0 Å². The number of halogens is 2. The number of nitrogens with two attached hydrogens (primary N) is 1. The highest BCUT2D eigenvalue weighted by Crippen LogP contribution is 2.21. The van der Waals surface area contributed by atoms with Crippen LogP contribution in [-0.4, -0.2) is 5.96 Å². The minimum Gasteiger partial charge on any atom is -0.370 e. The summed E-state index contributed by atoms with van der Waals surface area (Å²) in [6.07, 6.45) is 0. The van der Waals surface area contributed by atoms with E-state index >= 15 is 0 Å². The van der Waals surface area contributed by atoms with E-state index in [9.17, 15) is 0 Å². The third-order valence-electron chi connectivity index (χ3n) is 1.42. The molecule has 0 heterocycles. The predicted molar refractivity (Wildman–Crippen MR) is 71.0 cm³/mol. The van der Waals surface area contributed by atoms with Crippen molar-refractivity contribution in [2.75, 3.05) is 0 Å². The minimum absolute atomic E-state index is 0.00161. The van der Waals surface area contributed by atoms with E-state index in [1.54, 1.807) is 0 Å². The zero-order valence-electron chi connectivity index (χ0n) is 6.72. The molecule has 0 spiro atoms. The maximum Gasteiger partial charge on any atom is 0.186 e. The van der Waals surface area contributed by atoms with E-state index in [4.69, 9.17) is 11.1 Å². The number of rotatable bonds is 2. The Bertz CT molecular complexity index is 314. The van der Waals surface area contributed by atoms with Gasteiger partial charge >= 0.3 is 0 Å². The Kier molecular flexibility index (Phi) is 4.23. The average molecular weight is 401 g/mol. The first-order valence-electron chi connectivity index (χ1n) is 3.59. The molecule has 1 atom stereocenters. The molecule has 4 N–H and O–H groups in total. The van der Waals surface area contributed by atoms with Crippen molar-refractivity contribution in [3.63, 3.8) is 0 Å². The summed E-state index contributed by atoms with van der Waals surface area (Å²) < 4.78 is 1.24. The van der Waals surface area contributed by atoms with Gasteiger partial charge in [-0.2, -0.15) is 0 Å². The Morgan fingerprint density at radius 3 is 2.77 bits per heavy atom. The smallest absolute Gasteiger partial charge is 0.186 e. The van der Waals surface area contributed by atoms with Gasteiger partial charge in [-0.05, 0) is 40.3 Å². The molecular formula is C8H9I2N3. The van der Waals surface area contributed by atoms with Gasteiger partial charge in [0.05, 0.1) is 0 Å². The van der Waals surface area contributed by atoms with Crippen LogP contribution in [0.2, 0.25) is 0 Å². The van der Waals surface area contributed by atoms with Crippen molar-refractivity contribution in [2.24, 2.45) is 5.73 Å². The number of benzene rings is 1. The topological polar surface area (TPSA) is 61.9 Å². The number of alkyl halides is 1. The van der Waals surface area contributed by atoms with Crippen LogP contribution in [0.1, 0.15) is 9.61 Å². The molecule has 0 aliphatic heterocycles. The summed E-state index contributed by atoms with van der Waals surface area (Å²) >= 11 is 4.46. The van der Waals surface area contributed by atoms with Crippen LogP contribution < -0.4 is 11.1 Å². The lowest BCUT2D eigenvalue weighted by Gasteiger charge is -2.12. The van der Waals surface area contributed by atoms with Crippen LogP contribution in [0.15, 0.2) is 24.3 Å². The number of nitrogens with one attached hydrogen (secondary N) is 2. The first-order valence-corrected chi connectivity index (χ1v) is 5.92. The number of hydrogen-bond acceptors (Lipinski definition) is 1. The lowest BCUT2D eigenvalue weighted by molar-refractivity contribution is 0.902. The molecule has 0 aromatic heterocycles.